The quantitative estimate of drug-likeness (QED) is 0.185. The molecular weight excluding hydrogens is 590 g/mol. The molecule has 0 aliphatic rings. The van der Waals surface area contributed by atoms with E-state index in [-0.39, 0.29) is 5.28 Å². The van der Waals surface area contributed by atoms with Gasteiger partial charge in [0.2, 0.25) is 5.28 Å². The van der Waals surface area contributed by atoms with Crippen LogP contribution in [0.1, 0.15) is 11.3 Å². The third-order valence-corrected chi connectivity index (χ3v) is 10.4. The van der Waals surface area contributed by atoms with Crippen LogP contribution < -0.4 is 0 Å². The smallest absolute Gasteiger partial charge is 0.224 e. The topological polar surface area (TPSA) is 30.7 Å². The van der Waals surface area contributed by atoms with Crippen molar-refractivity contribution in [1.82, 2.24) is 14.5 Å². The van der Waals surface area contributed by atoms with Crippen LogP contribution in [0.5, 0.6) is 0 Å². The van der Waals surface area contributed by atoms with Gasteiger partial charge in [0.15, 0.2) is 5.82 Å². The maximum atomic E-state index is 6.72. The van der Waals surface area contributed by atoms with Crippen LogP contribution in [-0.2, 0) is 0 Å². The zero-order chi connectivity index (χ0) is 30.2. The third kappa shape index (κ3) is 3.89. The molecule has 0 bridgehead atoms. The molecule has 5 heteroatoms. The average molecular weight is 616 g/mol. The minimum atomic E-state index is 0.240. The number of halogens is 1. The molecule has 0 aliphatic carbocycles. The maximum absolute atomic E-state index is 6.72. The van der Waals surface area contributed by atoms with Gasteiger partial charge in [0.1, 0.15) is 0 Å². The molecule has 9 rings (SSSR count). The Labute approximate surface area is 269 Å². The molecule has 45 heavy (non-hydrogen) atoms. The molecule has 9 aromatic rings. The van der Waals surface area contributed by atoms with E-state index in [2.05, 4.69) is 138 Å². The van der Waals surface area contributed by atoms with E-state index in [1.165, 1.54) is 52.8 Å². The van der Waals surface area contributed by atoms with Crippen molar-refractivity contribution < 1.29 is 0 Å². The minimum Gasteiger partial charge on any atom is -0.292 e. The molecule has 0 N–H and O–H groups in total. The molecule has 0 radical (unpaired) electrons. The fraction of sp³-hybridized carbons (Fsp3) is 0.0500. The Morgan fingerprint density at radius 1 is 0.622 bits per heavy atom. The summed E-state index contributed by atoms with van der Waals surface area (Å²) in [5, 5.41) is 7.69. The van der Waals surface area contributed by atoms with Gasteiger partial charge >= 0.3 is 0 Å². The lowest BCUT2D eigenvalue weighted by Crippen LogP contribution is -2.05. The van der Waals surface area contributed by atoms with E-state index in [9.17, 15) is 0 Å². The van der Waals surface area contributed by atoms with E-state index in [4.69, 9.17) is 16.6 Å². The highest BCUT2D eigenvalue weighted by Crippen LogP contribution is 2.49. The van der Waals surface area contributed by atoms with E-state index in [1.54, 1.807) is 0 Å². The molecule has 0 fully saturated rings. The molecule has 0 saturated heterocycles. The number of aromatic nitrogens is 3. The average Bonchev–Trinajstić information content (AvgIpc) is 3.62. The second-order valence-corrected chi connectivity index (χ2v) is 13.0. The lowest BCUT2D eigenvalue weighted by atomic mass is 9.97. The van der Waals surface area contributed by atoms with Gasteiger partial charge in [-0.05, 0) is 76.7 Å². The fourth-order valence-corrected chi connectivity index (χ4v) is 8.53. The Bertz CT molecular complexity index is 2630. The molecule has 0 saturated carbocycles. The second-order valence-electron chi connectivity index (χ2n) is 11.6. The molecule has 3 nitrogen and oxygen atoms in total. The van der Waals surface area contributed by atoms with Crippen molar-refractivity contribution in [3.63, 3.8) is 0 Å². The Hall–Kier alpha value is -5.03. The van der Waals surface area contributed by atoms with E-state index in [0.29, 0.717) is 0 Å². The summed E-state index contributed by atoms with van der Waals surface area (Å²) >= 11 is 8.57. The summed E-state index contributed by atoms with van der Waals surface area (Å²) in [6.45, 7) is 4.17. The van der Waals surface area contributed by atoms with Crippen LogP contribution in [0.2, 0.25) is 5.28 Å². The van der Waals surface area contributed by atoms with Crippen molar-refractivity contribution in [2.24, 2.45) is 0 Å². The van der Waals surface area contributed by atoms with Crippen LogP contribution in [0, 0.1) is 13.8 Å². The number of hydrogen-bond donors (Lipinski definition) is 0. The number of nitrogens with zero attached hydrogens (tertiary/aromatic N) is 3. The van der Waals surface area contributed by atoms with Crippen molar-refractivity contribution in [1.29, 1.82) is 0 Å². The summed E-state index contributed by atoms with van der Waals surface area (Å²) in [5.74, 6) is 0.795. The van der Waals surface area contributed by atoms with Gasteiger partial charge in [-0.15, -0.1) is 11.3 Å². The first kappa shape index (κ1) is 26.4. The monoisotopic (exact) mass is 615 g/mol. The lowest BCUT2D eigenvalue weighted by molar-refractivity contribution is 1.02. The van der Waals surface area contributed by atoms with Crippen molar-refractivity contribution in [3.05, 3.63) is 138 Å². The van der Waals surface area contributed by atoms with E-state index >= 15 is 0 Å². The molecule has 6 aromatic carbocycles. The SMILES string of the molecule is Cc1ccccc1-c1c(C)nc(Cl)nc1-n1c2ccc(-c3ccccc3)cc2c2c3ccccc3c3c4ccccc4sc3c21. The third-order valence-electron chi connectivity index (χ3n) is 9.02. The van der Waals surface area contributed by atoms with E-state index < -0.39 is 0 Å². The highest BCUT2D eigenvalue weighted by molar-refractivity contribution is 7.27. The van der Waals surface area contributed by atoms with Gasteiger partial charge in [-0.2, -0.15) is 4.98 Å². The first-order valence-electron chi connectivity index (χ1n) is 15.0. The summed E-state index contributed by atoms with van der Waals surface area (Å²) in [5.41, 5.74) is 8.71. The Morgan fingerprint density at radius 2 is 1.31 bits per heavy atom. The Kier molecular flexibility index (Phi) is 5.86. The molecule has 0 amide bonds. The standard InChI is InChI=1S/C40H26ClN3S/c1-23-12-6-7-15-27(23)34-24(2)42-40(41)43-39(34)44-32-21-20-26(25-13-4-3-5-14-25)22-31(32)35-28-16-8-9-17-29(28)36-30-18-10-11-19-33(30)45-38(36)37(35)44/h3-22H,1-2H3. The highest BCUT2D eigenvalue weighted by Gasteiger charge is 2.25. The van der Waals surface area contributed by atoms with Gasteiger partial charge in [-0.1, -0.05) is 103 Å². The van der Waals surface area contributed by atoms with Gasteiger partial charge in [-0.3, -0.25) is 4.57 Å². The van der Waals surface area contributed by atoms with Crippen LogP contribution in [0.15, 0.2) is 121 Å². The number of thiophene rings is 1. The number of aryl methyl sites for hydroxylation is 2. The maximum Gasteiger partial charge on any atom is 0.224 e. The van der Waals surface area contributed by atoms with Crippen molar-refractivity contribution in [3.8, 4) is 28.1 Å². The number of hydrogen-bond acceptors (Lipinski definition) is 3. The predicted molar refractivity (Wildman–Crippen MR) is 192 cm³/mol. The Balaban J connectivity index is 1.56. The summed E-state index contributed by atoms with van der Waals surface area (Å²) in [7, 11) is 0. The van der Waals surface area contributed by atoms with Crippen molar-refractivity contribution >= 4 is 75.7 Å². The fourth-order valence-electron chi connectivity index (χ4n) is 7.06. The first-order chi connectivity index (χ1) is 22.1. The highest BCUT2D eigenvalue weighted by atomic mass is 35.5. The zero-order valence-electron chi connectivity index (χ0n) is 24.7. The number of rotatable bonds is 3. The number of fused-ring (bicyclic) bond motifs is 10. The summed E-state index contributed by atoms with van der Waals surface area (Å²) in [4.78, 5) is 9.70. The normalized spacial score (nSPS) is 11.9. The van der Waals surface area contributed by atoms with Gasteiger partial charge < -0.3 is 0 Å². The molecule has 3 heterocycles. The van der Waals surface area contributed by atoms with Crippen LogP contribution in [0.25, 0.3) is 80.8 Å². The van der Waals surface area contributed by atoms with Gasteiger partial charge in [0, 0.05) is 31.8 Å². The van der Waals surface area contributed by atoms with Crippen LogP contribution in [0.3, 0.4) is 0 Å². The second kappa shape index (κ2) is 10.00. The minimum absolute atomic E-state index is 0.240. The Morgan fingerprint density at radius 3 is 2.11 bits per heavy atom. The van der Waals surface area contributed by atoms with E-state index in [1.807, 2.05) is 18.3 Å². The molecule has 0 unspecified atom stereocenters. The van der Waals surface area contributed by atoms with E-state index in [0.717, 1.165) is 39.2 Å². The van der Waals surface area contributed by atoms with Crippen LogP contribution >= 0.6 is 22.9 Å². The van der Waals surface area contributed by atoms with Gasteiger partial charge in [0.05, 0.1) is 21.4 Å². The first-order valence-corrected chi connectivity index (χ1v) is 16.2. The zero-order valence-corrected chi connectivity index (χ0v) is 26.2. The molecular formula is C40H26ClN3S. The molecule has 0 spiro atoms. The predicted octanol–water partition coefficient (Wildman–Crippen LogP) is 11.7. The van der Waals surface area contributed by atoms with Crippen molar-refractivity contribution in [2.75, 3.05) is 0 Å². The number of benzene rings is 6. The van der Waals surface area contributed by atoms with Gasteiger partial charge in [0.25, 0.3) is 0 Å². The summed E-state index contributed by atoms with van der Waals surface area (Å²) in [6, 6.07) is 43.4. The largest absolute Gasteiger partial charge is 0.292 e. The van der Waals surface area contributed by atoms with Crippen LogP contribution in [0.4, 0.5) is 0 Å². The van der Waals surface area contributed by atoms with Crippen molar-refractivity contribution in [2.45, 2.75) is 13.8 Å². The summed E-state index contributed by atoms with van der Waals surface area (Å²) < 4.78 is 4.86. The van der Waals surface area contributed by atoms with Crippen LogP contribution in [-0.4, -0.2) is 14.5 Å². The van der Waals surface area contributed by atoms with Gasteiger partial charge in [-0.25, -0.2) is 4.98 Å². The molecule has 214 valence electrons. The lowest BCUT2D eigenvalue weighted by Gasteiger charge is -2.17. The molecule has 0 atom stereocenters. The summed E-state index contributed by atoms with van der Waals surface area (Å²) in [6.07, 6.45) is 0. The molecule has 0 aliphatic heterocycles. The molecule has 3 aromatic heterocycles.